The predicted molar refractivity (Wildman–Crippen MR) is 57.2 cm³/mol. The summed E-state index contributed by atoms with van der Waals surface area (Å²) in [6, 6.07) is 9.36. The van der Waals surface area contributed by atoms with Crippen molar-refractivity contribution in [2.45, 2.75) is 0 Å². The second-order valence-corrected chi connectivity index (χ2v) is 3.67. The SMILES string of the molecule is CNCCSC(=O)c1ccccc1. The van der Waals surface area contributed by atoms with E-state index in [0.29, 0.717) is 0 Å². The fraction of sp³-hybridized carbons (Fsp3) is 0.300. The molecular weight excluding hydrogens is 182 g/mol. The largest absolute Gasteiger partial charge is 0.319 e. The van der Waals surface area contributed by atoms with Crippen LogP contribution in [0.25, 0.3) is 0 Å². The predicted octanol–water partition coefficient (Wildman–Crippen LogP) is 1.78. The summed E-state index contributed by atoms with van der Waals surface area (Å²) in [5, 5.41) is 3.15. The van der Waals surface area contributed by atoms with Crippen molar-refractivity contribution in [3.63, 3.8) is 0 Å². The third-order valence-corrected chi connectivity index (χ3v) is 2.50. The van der Waals surface area contributed by atoms with E-state index >= 15 is 0 Å². The van der Waals surface area contributed by atoms with E-state index in [1.54, 1.807) is 0 Å². The maximum absolute atomic E-state index is 11.5. The number of rotatable bonds is 4. The normalized spacial score (nSPS) is 9.92. The van der Waals surface area contributed by atoms with Gasteiger partial charge in [-0.15, -0.1) is 0 Å². The van der Waals surface area contributed by atoms with Crippen LogP contribution < -0.4 is 5.32 Å². The average molecular weight is 195 g/mol. The van der Waals surface area contributed by atoms with Gasteiger partial charge in [0.1, 0.15) is 0 Å². The summed E-state index contributed by atoms with van der Waals surface area (Å²) >= 11 is 1.35. The van der Waals surface area contributed by atoms with Crippen LogP contribution in [0.3, 0.4) is 0 Å². The first-order valence-corrected chi connectivity index (χ1v) is 5.20. The highest BCUT2D eigenvalue weighted by Crippen LogP contribution is 2.10. The lowest BCUT2D eigenvalue weighted by molar-refractivity contribution is 0.108. The molecule has 0 atom stereocenters. The van der Waals surface area contributed by atoms with Crippen LogP contribution in [0.4, 0.5) is 0 Å². The Hall–Kier alpha value is -0.800. The molecule has 3 heteroatoms. The summed E-state index contributed by atoms with van der Waals surface area (Å²) in [6.45, 7) is 0.864. The van der Waals surface area contributed by atoms with Gasteiger partial charge >= 0.3 is 0 Å². The minimum absolute atomic E-state index is 0.149. The van der Waals surface area contributed by atoms with Gasteiger partial charge < -0.3 is 5.32 Å². The Bertz CT molecular complexity index is 261. The summed E-state index contributed by atoms with van der Waals surface area (Å²) < 4.78 is 0. The first-order chi connectivity index (χ1) is 6.34. The molecular formula is C10H13NOS. The molecule has 0 heterocycles. The van der Waals surface area contributed by atoms with Crippen molar-refractivity contribution < 1.29 is 4.79 Å². The molecule has 0 aliphatic rings. The number of benzene rings is 1. The number of thioether (sulfide) groups is 1. The molecule has 1 aromatic rings. The highest BCUT2D eigenvalue weighted by molar-refractivity contribution is 8.14. The van der Waals surface area contributed by atoms with E-state index in [0.717, 1.165) is 17.9 Å². The van der Waals surface area contributed by atoms with Gasteiger partial charge in [0, 0.05) is 17.9 Å². The zero-order chi connectivity index (χ0) is 9.52. The molecule has 0 unspecified atom stereocenters. The number of hydrogen-bond acceptors (Lipinski definition) is 3. The summed E-state index contributed by atoms with van der Waals surface area (Å²) in [4.78, 5) is 11.5. The van der Waals surface area contributed by atoms with E-state index in [1.807, 2.05) is 37.4 Å². The summed E-state index contributed by atoms with van der Waals surface area (Å²) in [7, 11) is 1.88. The fourth-order valence-electron chi connectivity index (χ4n) is 0.903. The topological polar surface area (TPSA) is 29.1 Å². The summed E-state index contributed by atoms with van der Waals surface area (Å²) in [6.07, 6.45) is 0. The summed E-state index contributed by atoms with van der Waals surface area (Å²) in [5.41, 5.74) is 0.781. The molecule has 0 saturated heterocycles. The molecule has 0 saturated carbocycles. The highest BCUT2D eigenvalue weighted by Gasteiger charge is 2.03. The maximum Gasteiger partial charge on any atom is 0.219 e. The minimum Gasteiger partial charge on any atom is -0.319 e. The second kappa shape index (κ2) is 5.78. The van der Waals surface area contributed by atoms with Gasteiger partial charge in [-0.05, 0) is 7.05 Å². The Balaban J connectivity index is 2.40. The van der Waals surface area contributed by atoms with Crippen LogP contribution in [0.2, 0.25) is 0 Å². The van der Waals surface area contributed by atoms with Crippen molar-refractivity contribution in [1.82, 2.24) is 5.32 Å². The van der Waals surface area contributed by atoms with Gasteiger partial charge in [-0.1, -0.05) is 42.1 Å². The molecule has 0 fully saturated rings. The van der Waals surface area contributed by atoms with Gasteiger partial charge in [-0.2, -0.15) is 0 Å². The number of hydrogen-bond donors (Lipinski definition) is 1. The first kappa shape index (κ1) is 10.3. The van der Waals surface area contributed by atoms with Crippen molar-refractivity contribution in [3.8, 4) is 0 Å². The van der Waals surface area contributed by atoms with Crippen molar-refractivity contribution in [3.05, 3.63) is 35.9 Å². The lowest BCUT2D eigenvalue weighted by Crippen LogP contribution is -2.11. The molecule has 1 rings (SSSR count). The molecule has 0 aromatic heterocycles. The Morgan fingerprint density at radius 1 is 1.38 bits per heavy atom. The molecule has 70 valence electrons. The highest BCUT2D eigenvalue weighted by atomic mass is 32.2. The quantitative estimate of drug-likeness (QED) is 0.742. The van der Waals surface area contributed by atoms with E-state index in [9.17, 15) is 4.79 Å². The Kier molecular flexibility index (Phi) is 4.57. The third kappa shape index (κ3) is 3.61. The monoisotopic (exact) mass is 195 g/mol. The van der Waals surface area contributed by atoms with Crippen LogP contribution in [0, 0.1) is 0 Å². The zero-order valence-corrected chi connectivity index (χ0v) is 8.43. The number of carbonyl (C=O) groups excluding carboxylic acids is 1. The lowest BCUT2D eigenvalue weighted by Gasteiger charge is -1.99. The van der Waals surface area contributed by atoms with Crippen molar-refractivity contribution in [2.75, 3.05) is 19.3 Å². The van der Waals surface area contributed by atoms with E-state index in [4.69, 9.17) is 0 Å². The van der Waals surface area contributed by atoms with Gasteiger partial charge in [-0.3, -0.25) is 4.79 Å². The van der Waals surface area contributed by atoms with Crippen LogP contribution in [-0.2, 0) is 0 Å². The van der Waals surface area contributed by atoms with Crippen LogP contribution in [-0.4, -0.2) is 24.5 Å². The minimum atomic E-state index is 0.149. The standard InChI is InChI=1S/C10H13NOS/c1-11-7-8-13-10(12)9-5-3-2-4-6-9/h2-6,11H,7-8H2,1H3. The molecule has 0 bridgehead atoms. The van der Waals surface area contributed by atoms with Gasteiger partial charge in [0.25, 0.3) is 0 Å². The van der Waals surface area contributed by atoms with Crippen LogP contribution in [0.5, 0.6) is 0 Å². The average Bonchev–Trinajstić information content (AvgIpc) is 2.19. The number of carbonyl (C=O) groups is 1. The molecule has 0 aliphatic heterocycles. The summed E-state index contributed by atoms with van der Waals surface area (Å²) in [5.74, 6) is 0.824. The second-order valence-electron chi connectivity index (χ2n) is 2.61. The Labute approximate surface area is 82.7 Å². The van der Waals surface area contributed by atoms with E-state index in [-0.39, 0.29) is 5.12 Å². The van der Waals surface area contributed by atoms with Gasteiger partial charge in [0.15, 0.2) is 0 Å². The van der Waals surface area contributed by atoms with Crippen LogP contribution in [0.15, 0.2) is 30.3 Å². The van der Waals surface area contributed by atoms with E-state index in [1.165, 1.54) is 11.8 Å². The number of nitrogens with one attached hydrogen (secondary N) is 1. The van der Waals surface area contributed by atoms with Gasteiger partial charge in [0.05, 0.1) is 0 Å². The van der Waals surface area contributed by atoms with E-state index < -0.39 is 0 Å². The Morgan fingerprint density at radius 3 is 2.69 bits per heavy atom. The van der Waals surface area contributed by atoms with Crippen LogP contribution in [0.1, 0.15) is 10.4 Å². The molecule has 1 N–H and O–H groups in total. The van der Waals surface area contributed by atoms with Crippen molar-refractivity contribution in [2.24, 2.45) is 0 Å². The first-order valence-electron chi connectivity index (χ1n) is 4.21. The smallest absolute Gasteiger partial charge is 0.219 e. The third-order valence-electron chi connectivity index (χ3n) is 1.59. The zero-order valence-electron chi connectivity index (χ0n) is 7.62. The lowest BCUT2D eigenvalue weighted by atomic mass is 10.2. The molecule has 2 nitrogen and oxygen atoms in total. The van der Waals surface area contributed by atoms with Crippen molar-refractivity contribution in [1.29, 1.82) is 0 Å². The van der Waals surface area contributed by atoms with E-state index in [2.05, 4.69) is 5.32 Å². The van der Waals surface area contributed by atoms with Crippen LogP contribution >= 0.6 is 11.8 Å². The van der Waals surface area contributed by atoms with Crippen molar-refractivity contribution >= 4 is 16.9 Å². The molecule has 0 aliphatic carbocycles. The molecule has 0 amide bonds. The maximum atomic E-state index is 11.5. The Morgan fingerprint density at radius 2 is 2.08 bits per heavy atom. The molecule has 1 aromatic carbocycles. The molecule has 0 spiro atoms. The fourth-order valence-corrected chi connectivity index (χ4v) is 1.70. The van der Waals surface area contributed by atoms with Gasteiger partial charge in [0.2, 0.25) is 5.12 Å². The molecule has 13 heavy (non-hydrogen) atoms. The van der Waals surface area contributed by atoms with Gasteiger partial charge in [-0.25, -0.2) is 0 Å². The molecule has 0 radical (unpaired) electrons.